The smallest absolute Gasteiger partial charge is 0.408 e. The Labute approximate surface area is 170 Å². The van der Waals surface area contributed by atoms with Crippen LogP contribution in [0.4, 0.5) is 4.79 Å². The van der Waals surface area contributed by atoms with E-state index >= 15 is 0 Å². The van der Waals surface area contributed by atoms with Crippen molar-refractivity contribution in [3.8, 4) is 0 Å². The number of carbonyl (C=O) groups is 3. The number of amides is 1. The molecular weight excluding hydrogens is 378 g/mol. The van der Waals surface area contributed by atoms with Gasteiger partial charge in [-0.15, -0.1) is 0 Å². The molecule has 1 aromatic rings. The van der Waals surface area contributed by atoms with Crippen molar-refractivity contribution in [1.82, 2.24) is 5.32 Å². The molecule has 0 aromatic heterocycles. The van der Waals surface area contributed by atoms with Gasteiger partial charge in [-0.3, -0.25) is 4.79 Å². The number of alkyl carbamates (subject to hydrolysis) is 1. The molecule has 2 rings (SSSR count). The molecule has 8 heteroatoms. The fourth-order valence-electron chi connectivity index (χ4n) is 2.65. The van der Waals surface area contributed by atoms with E-state index in [2.05, 4.69) is 5.32 Å². The van der Waals surface area contributed by atoms with E-state index in [9.17, 15) is 14.4 Å². The molecule has 1 fully saturated rings. The molecule has 1 amide bonds. The van der Waals surface area contributed by atoms with Gasteiger partial charge >= 0.3 is 12.1 Å². The summed E-state index contributed by atoms with van der Waals surface area (Å²) in [7, 11) is 0. The lowest BCUT2D eigenvalue weighted by Gasteiger charge is -2.23. The fraction of sp³-hybridized carbons (Fsp3) is 0.571. The number of hydrogen-bond acceptors (Lipinski definition) is 7. The number of ether oxygens (including phenoxy) is 4. The van der Waals surface area contributed by atoms with E-state index in [4.69, 9.17) is 18.9 Å². The highest BCUT2D eigenvalue weighted by Crippen LogP contribution is 2.24. The Balaban J connectivity index is 2.02. The maximum absolute atomic E-state index is 12.6. The molecule has 1 aliphatic heterocycles. The van der Waals surface area contributed by atoms with E-state index in [0.717, 1.165) is 5.56 Å². The Bertz CT molecular complexity index is 724. The Kier molecular flexibility index (Phi) is 7.37. The van der Waals surface area contributed by atoms with E-state index in [1.807, 2.05) is 18.2 Å². The number of Topliss-reactive ketones (excluding diaryl/α,β-unsaturated/α-hetero) is 1. The molecule has 160 valence electrons. The molecule has 0 bridgehead atoms. The zero-order valence-corrected chi connectivity index (χ0v) is 17.5. The van der Waals surface area contributed by atoms with Crippen molar-refractivity contribution in [2.75, 3.05) is 6.61 Å². The van der Waals surface area contributed by atoms with Crippen LogP contribution in [0.2, 0.25) is 0 Å². The van der Waals surface area contributed by atoms with Crippen LogP contribution in [0.3, 0.4) is 0 Å². The Hall–Kier alpha value is -2.45. The lowest BCUT2D eigenvalue weighted by atomic mass is 10.1. The first-order chi connectivity index (χ1) is 13.5. The molecule has 1 aromatic carbocycles. The molecule has 1 aliphatic rings. The van der Waals surface area contributed by atoms with E-state index in [0.29, 0.717) is 0 Å². The molecule has 2 atom stereocenters. The first-order valence-corrected chi connectivity index (χ1v) is 9.50. The van der Waals surface area contributed by atoms with Gasteiger partial charge in [-0.25, -0.2) is 9.59 Å². The summed E-state index contributed by atoms with van der Waals surface area (Å²) >= 11 is 0. The van der Waals surface area contributed by atoms with Gasteiger partial charge in [0.15, 0.2) is 11.6 Å². The molecule has 1 N–H and O–H groups in total. The highest BCUT2D eigenvalue weighted by molar-refractivity contribution is 5.91. The van der Waals surface area contributed by atoms with Gasteiger partial charge in [-0.1, -0.05) is 30.3 Å². The summed E-state index contributed by atoms with van der Waals surface area (Å²) in [6, 6.07) is 7.90. The minimum atomic E-state index is -1.20. The average molecular weight is 407 g/mol. The van der Waals surface area contributed by atoms with Crippen LogP contribution in [-0.4, -0.2) is 48.0 Å². The molecule has 1 heterocycles. The van der Waals surface area contributed by atoms with Crippen LogP contribution >= 0.6 is 0 Å². The van der Waals surface area contributed by atoms with Crippen LogP contribution < -0.4 is 5.32 Å². The standard InChI is InChI=1S/C21H29NO7/c1-20(2,3)29-19(25)22-15(11-16(23)17-13-27-21(4,5)28-17)18(24)26-12-14-9-7-6-8-10-14/h6-10,15,17H,11-13H2,1-5H3,(H,22,25)/t15-,17+/m0/s1. The summed E-state index contributed by atoms with van der Waals surface area (Å²) in [6.45, 7) is 8.61. The molecule has 0 spiro atoms. The third kappa shape index (κ3) is 7.83. The third-order valence-corrected chi connectivity index (χ3v) is 3.97. The zero-order chi connectivity index (χ0) is 21.7. The van der Waals surface area contributed by atoms with Crippen LogP contribution in [0.15, 0.2) is 30.3 Å². The summed E-state index contributed by atoms with van der Waals surface area (Å²) < 4.78 is 21.4. The monoisotopic (exact) mass is 407 g/mol. The Morgan fingerprint density at radius 3 is 2.41 bits per heavy atom. The second kappa shape index (κ2) is 9.37. The van der Waals surface area contributed by atoms with Gasteiger partial charge in [0, 0.05) is 6.42 Å². The van der Waals surface area contributed by atoms with Crippen molar-refractivity contribution < 1.29 is 33.3 Å². The maximum atomic E-state index is 12.6. The van der Waals surface area contributed by atoms with E-state index in [-0.39, 0.29) is 25.4 Å². The van der Waals surface area contributed by atoms with Crippen LogP contribution in [-0.2, 0) is 35.1 Å². The zero-order valence-electron chi connectivity index (χ0n) is 17.5. The summed E-state index contributed by atoms with van der Waals surface area (Å²) in [4.78, 5) is 37.3. The van der Waals surface area contributed by atoms with E-state index in [1.165, 1.54) is 0 Å². The molecule has 0 aliphatic carbocycles. The van der Waals surface area contributed by atoms with Crippen molar-refractivity contribution in [3.63, 3.8) is 0 Å². The summed E-state index contributed by atoms with van der Waals surface area (Å²) in [5, 5.41) is 2.43. The molecule has 0 unspecified atom stereocenters. The molecule has 0 radical (unpaired) electrons. The minimum Gasteiger partial charge on any atom is -0.459 e. The van der Waals surface area contributed by atoms with Crippen LogP contribution in [0.1, 0.15) is 46.6 Å². The van der Waals surface area contributed by atoms with Gasteiger partial charge in [-0.2, -0.15) is 0 Å². The van der Waals surface area contributed by atoms with Gasteiger partial charge in [0.1, 0.15) is 24.4 Å². The van der Waals surface area contributed by atoms with Crippen LogP contribution in [0, 0.1) is 0 Å². The molecular formula is C21H29NO7. The van der Waals surface area contributed by atoms with Crippen molar-refractivity contribution >= 4 is 17.8 Å². The van der Waals surface area contributed by atoms with Gasteiger partial charge in [0.25, 0.3) is 0 Å². The van der Waals surface area contributed by atoms with Crippen LogP contribution in [0.25, 0.3) is 0 Å². The predicted molar refractivity (Wildman–Crippen MR) is 104 cm³/mol. The highest BCUT2D eigenvalue weighted by atomic mass is 16.7. The second-order valence-corrected chi connectivity index (χ2v) is 8.28. The maximum Gasteiger partial charge on any atom is 0.408 e. The van der Waals surface area contributed by atoms with Crippen molar-refractivity contribution in [2.45, 2.75) is 71.2 Å². The Morgan fingerprint density at radius 2 is 1.86 bits per heavy atom. The van der Waals surface area contributed by atoms with E-state index in [1.54, 1.807) is 46.8 Å². The number of nitrogens with one attached hydrogen (secondary N) is 1. The number of hydrogen-bond donors (Lipinski definition) is 1. The first kappa shape index (κ1) is 22.8. The van der Waals surface area contributed by atoms with Crippen molar-refractivity contribution in [2.24, 2.45) is 0 Å². The molecule has 1 saturated heterocycles. The van der Waals surface area contributed by atoms with Gasteiger partial charge < -0.3 is 24.3 Å². The summed E-state index contributed by atoms with van der Waals surface area (Å²) in [5.41, 5.74) is 0.0383. The SMILES string of the molecule is CC(C)(C)OC(=O)N[C@@H](CC(=O)[C@H]1COC(C)(C)O1)C(=O)OCc1ccccc1. The molecule has 0 saturated carbocycles. The first-order valence-electron chi connectivity index (χ1n) is 9.50. The average Bonchev–Trinajstić information content (AvgIpc) is 2.98. The van der Waals surface area contributed by atoms with Gasteiger partial charge in [0.05, 0.1) is 6.61 Å². The van der Waals surface area contributed by atoms with Crippen LogP contribution in [0.5, 0.6) is 0 Å². The van der Waals surface area contributed by atoms with Crippen molar-refractivity contribution in [3.05, 3.63) is 35.9 Å². The molecule has 29 heavy (non-hydrogen) atoms. The van der Waals surface area contributed by atoms with Crippen molar-refractivity contribution in [1.29, 1.82) is 0 Å². The largest absolute Gasteiger partial charge is 0.459 e. The second-order valence-electron chi connectivity index (χ2n) is 8.28. The summed E-state index contributed by atoms with van der Waals surface area (Å²) in [6.07, 6.45) is -1.91. The number of rotatable bonds is 7. The third-order valence-electron chi connectivity index (χ3n) is 3.97. The normalized spacial score (nSPS) is 19.3. The fourth-order valence-corrected chi connectivity index (χ4v) is 2.65. The summed E-state index contributed by atoms with van der Waals surface area (Å²) in [5.74, 6) is -1.97. The number of benzene rings is 1. The number of carbonyl (C=O) groups excluding carboxylic acids is 3. The quantitative estimate of drug-likeness (QED) is 0.694. The van der Waals surface area contributed by atoms with Gasteiger partial charge in [0.2, 0.25) is 0 Å². The molecule has 8 nitrogen and oxygen atoms in total. The lowest BCUT2D eigenvalue weighted by Crippen LogP contribution is -2.46. The van der Waals surface area contributed by atoms with E-state index < -0.39 is 35.6 Å². The predicted octanol–water partition coefficient (Wildman–Crippen LogP) is 2.73. The number of esters is 1. The Morgan fingerprint density at radius 1 is 1.21 bits per heavy atom. The van der Waals surface area contributed by atoms with Gasteiger partial charge in [-0.05, 0) is 40.2 Å². The highest BCUT2D eigenvalue weighted by Gasteiger charge is 2.39. The topological polar surface area (TPSA) is 100 Å². The minimum absolute atomic E-state index is 0.0242. The lowest BCUT2D eigenvalue weighted by molar-refractivity contribution is -0.155. The number of ketones is 1.